The summed E-state index contributed by atoms with van der Waals surface area (Å²) in [4.78, 5) is 23.3. The first kappa shape index (κ1) is 15.3. The molecule has 2 bridgehead atoms. The molecule has 2 N–H and O–H groups in total. The number of fused-ring (bicyclic) bond motifs is 2. The fourth-order valence-electron chi connectivity index (χ4n) is 4.22. The predicted molar refractivity (Wildman–Crippen MR) is 77.3 cm³/mol. The van der Waals surface area contributed by atoms with Crippen molar-refractivity contribution in [2.45, 2.75) is 70.8 Å². The highest BCUT2D eigenvalue weighted by Crippen LogP contribution is 2.49. The van der Waals surface area contributed by atoms with Crippen LogP contribution in [-0.4, -0.2) is 22.5 Å². The first-order valence-electron chi connectivity index (χ1n) is 8.00. The third kappa shape index (κ3) is 3.33. The molecule has 0 radical (unpaired) electrons. The Labute approximate surface area is 121 Å². The molecule has 20 heavy (non-hydrogen) atoms. The van der Waals surface area contributed by atoms with Gasteiger partial charge in [0.05, 0.1) is 6.42 Å². The van der Waals surface area contributed by atoms with Crippen LogP contribution in [0, 0.1) is 17.8 Å². The van der Waals surface area contributed by atoms with Crippen molar-refractivity contribution in [1.29, 1.82) is 0 Å². The van der Waals surface area contributed by atoms with Crippen molar-refractivity contribution in [1.82, 2.24) is 5.32 Å². The fraction of sp³-hybridized carbons (Fsp3) is 0.875. The van der Waals surface area contributed by atoms with Gasteiger partial charge in [0.1, 0.15) is 0 Å². The van der Waals surface area contributed by atoms with Gasteiger partial charge < -0.3 is 10.4 Å². The SMILES string of the molecule is CCC(CC)(CC(=O)O)NC(=O)CC1CC2CCC1C2. The molecule has 0 heterocycles. The van der Waals surface area contributed by atoms with Crippen molar-refractivity contribution in [3.63, 3.8) is 0 Å². The third-order valence-corrected chi connectivity index (χ3v) is 5.58. The Kier molecular flexibility index (Phi) is 4.71. The summed E-state index contributed by atoms with van der Waals surface area (Å²) in [7, 11) is 0. The van der Waals surface area contributed by atoms with Crippen LogP contribution in [0.15, 0.2) is 0 Å². The quantitative estimate of drug-likeness (QED) is 0.754. The number of carboxylic acid groups (broad SMARTS) is 1. The molecule has 1 amide bonds. The highest BCUT2D eigenvalue weighted by Gasteiger charge is 2.41. The van der Waals surface area contributed by atoms with Gasteiger partial charge in [0.15, 0.2) is 0 Å². The molecule has 3 atom stereocenters. The molecule has 2 rings (SSSR count). The summed E-state index contributed by atoms with van der Waals surface area (Å²) in [6.45, 7) is 3.90. The smallest absolute Gasteiger partial charge is 0.305 e. The predicted octanol–water partition coefficient (Wildman–Crippen LogP) is 2.96. The van der Waals surface area contributed by atoms with E-state index in [0.29, 0.717) is 25.2 Å². The topological polar surface area (TPSA) is 66.4 Å². The van der Waals surface area contributed by atoms with Gasteiger partial charge in [-0.1, -0.05) is 20.3 Å². The Morgan fingerprint density at radius 3 is 2.35 bits per heavy atom. The lowest BCUT2D eigenvalue weighted by atomic mass is 9.85. The van der Waals surface area contributed by atoms with Crippen molar-refractivity contribution < 1.29 is 14.7 Å². The molecule has 4 heteroatoms. The van der Waals surface area contributed by atoms with Gasteiger partial charge in [-0.25, -0.2) is 0 Å². The zero-order chi connectivity index (χ0) is 14.8. The Hall–Kier alpha value is -1.06. The first-order valence-corrected chi connectivity index (χ1v) is 8.00. The van der Waals surface area contributed by atoms with Crippen molar-refractivity contribution in [3.05, 3.63) is 0 Å². The van der Waals surface area contributed by atoms with E-state index in [1.165, 1.54) is 25.7 Å². The number of carboxylic acids is 1. The van der Waals surface area contributed by atoms with Crippen molar-refractivity contribution in [3.8, 4) is 0 Å². The minimum Gasteiger partial charge on any atom is -0.481 e. The van der Waals surface area contributed by atoms with Crippen LogP contribution in [0.1, 0.15) is 65.2 Å². The van der Waals surface area contributed by atoms with E-state index in [1.807, 2.05) is 13.8 Å². The zero-order valence-electron chi connectivity index (χ0n) is 12.7. The van der Waals surface area contributed by atoms with Gasteiger partial charge in [0.25, 0.3) is 0 Å². The second kappa shape index (κ2) is 6.15. The molecule has 114 valence electrons. The second-order valence-corrected chi connectivity index (χ2v) is 6.75. The van der Waals surface area contributed by atoms with Gasteiger partial charge in [-0.05, 0) is 49.9 Å². The van der Waals surface area contributed by atoms with Crippen LogP contribution in [0.25, 0.3) is 0 Å². The molecule has 0 aromatic heterocycles. The van der Waals surface area contributed by atoms with Crippen molar-refractivity contribution >= 4 is 11.9 Å². The van der Waals surface area contributed by atoms with E-state index < -0.39 is 11.5 Å². The molecule has 4 nitrogen and oxygen atoms in total. The molecular formula is C16H27NO3. The monoisotopic (exact) mass is 281 g/mol. The molecule has 2 saturated carbocycles. The number of amides is 1. The Bertz CT molecular complexity index is 376. The molecule has 2 aliphatic carbocycles. The summed E-state index contributed by atoms with van der Waals surface area (Å²) in [5.74, 6) is 1.33. The van der Waals surface area contributed by atoms with Crippen LogP contribution >= 0.6 is 0 Å². The lowest BCUT2D eigenvalue weighted by Crippen LogP contribution is -2.49. The van der Waals surface area contributed by atoms with E-state index in [2.05, 4.69) is 5.32 Å². The summed E-state index contributed by atoms with van der Waals surface area (Å²) >= 11 is 0. The number of carbonyl (C=O) groups excluding carboxylic acids is 1. The van der Waals surface area contributed by atoms with Crippen LogP contribution in [-0.2, 0) is 9.59 Å². The van der Waals surface area contributed by atoms with Gasteiger partial charge in [-0.2, -0.15) is 0 Å². The standard InChI is InChI=1S/C16H27NO3/c1-3-16(4-2,10-15(19)20)17-14(18)9-13-8-11-5-6-12(13)7-11/h11-13H,3-10H2,1-2H3,(H,17,18)(H,19,20). The average molecular weight is 281 g/mol. The molecular weight excluding hydrogens is 254 g/mol. The first-order chi connectivity index (χ1) is 9.48. The van der Waals surface area contributed by atoms with Crippen LogP contribution in [0.3, 0.4) is 0 Å². The van der Waals surface area contributed by atoms with Gasteiger partial charge in [0.2, 0.25) is 5.91 Å². The Balaban J connectivity index is 1.89. The summed E-state index contributed by atoms with van der Waals surface area (Å²) < 4.78 is 0. The maximum absolute atomic E-state index is 12.3. The van der Waals surface area contributed by atoms with E-state index in [-0.39, 0.29) is 12.3 Å². The maximum Gasteiger partial charge on any atom is 0.305 e. The van der Waals surface area contributed by atoms with Crippen LogP contribution in [0.5, 0.6) is 0 Å². The van der Waals surface area contributed by atoms with Crippen LogP contribution in [0.2, 0.25) is 0 Å². The molecule has 0 aromatic carbocycles. The normalized spacial score (nSPS) is 28.6. The van der Waals surface area contributed by atoms with E-state index in [1.54, 1.807) is 0 Å². The number of rotatable bonds is 7. The molecule has 0 aliphatic heterocycles. The fourth-order valence-corrected chi connectivity index (χ4v) is 4.22. The third-order valence-electron chi connectivity index (χ3n) is 5.58. The van der Waals surface area contributed by atoms with Crippen molar-refractivity contribution in [2.24, 2.45) is 17.8 Å². The molecule has 2 fully saturated rings. The molecule has 2 aliphatic rings. The van der Waals surface area contributed by atoms with E-state index in [4.69, 9.17) is 5.11 Å². The summed E-state index contributed by atoms with van der Waals surface area (Å²) in [5, 5.41) is 12.1. The summed E-state index contributed by atoms with van der Waals surface area (Å²) in [5.41, 5.74) is -0.569. The van der Waals surface area contributed by atoms with Crippen molar-refractivity contribution in [2.75, 3.05) is 0 Å². The Morgan fingerprint density at radius 1 is 1.20 bits per heavy atom. The van der Waals surface area contributed by atoms with E-state index >= 15 is 0 Å². The van der Waals surface area contributed by atoms with Gasteiger partial charge >= 0.3 is 5.97 Å². The molecule has 0 saturated heterocycles. The zero-order valence-corrected chi connectivity index (χ0v) is 12.7. The van der Waals surface area contributed by atoms with Gasteiger partial charge in [-0.15, -0.1) is 0 Å². The molecule has 0 spiro atoms. The lowest BCUT2D eigenvalue weighted by molar-refractivity contribution is -0.139. The van der Waals surface area contributed by atoms with Gasteiger partial charge in [0, 0.05) is 12.0 Å². The van der Waals surface area contributed by atoms with Crippen LogP contribution < -0.4 is 5.32 Å². The number of carbonyl (C=O) groups is 2. The number of hydrogen-bond acceptors (Lipinski definition) is 2. The van der Waals surface area contributed by atoms with E-state index in [9.17, 15) is 9.59 Å². The summed E-state index contributed by atoms with van der Waals surface area (Å²) in [6.07, 6.45) is 7.06. The minimum absolute atomic E-state index is 0.0163. The highest BCUT2D eigenvalue weighted by molar-refractivity contribution is 5.78. The van der Waals surface area contributed by atoms with E-state index in [0.717, 1.165) is 11.8 Å². The Morgan fingerprint density at radius 2 is 1.90 bits per heavy atom. The minimum atomic E-state index is -0.839. The maximum atomic E-state index is 12.3. The lowest BCUT2D eigenvalue weighted by Gasteiger charge is -2.32. The largest absolute Gasteiger partial charge is 0.481 e. The highest BCUT2D eigenvalue weighted by atomic mass is 16.4. The number of aliphatic carboxylic acids is 1. The summed E-state index contributed by atoms with van der Waals surface area (Å²) in [6, 6.07) is 0. The number of nitrogens with one attached hydrogen (secondary N) is 1. The molecule has 3 unspecified atom stereocenters. The van der Waals surface area contributed by atoms with Gasteiger partial charge in [-0.3, -0.25) is 9.59 Å². The average Bonchev–Trinajstić information content (AvgIpc) is 2.99. The second-order valence-electron chi connectivity index (χ2n) is 6.75. The molecule has 0 aromatic rings. The number of hydrogen-bond donors (Lipinski definition) is 2. The van der Waals surface area contributed by atoms with Crippen LogP contribution in [0.4, 0.5) is 0 Å².